The molecule has 0 aliphatic rings. The van der Waals surface area contributed by atoms with Crippen molar-refractivity contribution in [3.05, 3.63) is 213 Å². The molecule has 0 fully saturated rings. The first-order valence-electron chi connectivity index (χ1n) is 23.7. The number of hydrogen-bond acceptors (Lipinski definition) is 0. The average molecular weight is 852 g/mol. The first-order chi connectivity index (χ1) is 31.6. The minimum atomic E-state index is -2.10. The summed E-state index contributed by atoms with van der Waals surface area (Å²) in [5, 5.41) is 0. The fourth-order valence-corrected chi connectivity index (χ4v) is 8.24. The van der Waals surface area contributed by atoms with Gasteiger partial charge in [0.25, 0.3) is 0 Å². The van der Waals surface area contributed by atoms with E-state index in [0.717, 1.165) is 22.4 Å². The van der Waals surface area contributed by atoms with Gasteiger partial charge in [-0.25, -0.2) is 9.13 Å². The van der Waals surface area contributed by atoms with Crippen molar-refractivity contribution in [3.8, 4) is 45.0 Å². The fraction of sp³-hybridized carbons (Fsp3) is 0.267. The molecule has 4 aromatic carbocycles. The molecule has 0 N–H and O–H groups in total. The molecule has 0 saturated heterocycles. The van der Waals surface area contributed by atoms with Crippen molar-refractivity contribution in [2.24, 2.45) is 28.2 Å². The highest BCUT2D eigenvalue weighted by Crippen LogP contribution is 2.26. The van der Waals surface area contributed by atoms with Gasteiger partial charge in [-0.05, 0) is 139 Å². The lowest BCUT2D eigenvalue weighted by molar-refractivity contribution is -0.666. The smallest absolute Gasteiger partial charge is 0.201 e. The molecule has 4 nitrogen and oxygen atoms in total. The molecule has 4 heteroatoms. The highest BCUT2D eigenvalue weighted by Gasteiger charge is 2.18. The predicted octanol–water partition coefficient (Wildman–Crippen LogP) is 12.4. The highest BCUT2D eigenvalue weighted by molar-refractivity contribution is 5.65. The Kier molecular flexibility index (Phi) is 15.0. The molecule has 0 amide bonds. The summed E-state index contributed by atoms with van der Waals surface area (Å²) in [6, 6.07) is 46.4. The van der Waals surface area contributed by atoms with Gasteiger partial charge < -0.3 is 0 Å². The number of rotatable bonds is 4. The van der Waals surface area contributed by atoms with Gasteiger partial charge in [-0.15, -0.1) is 0 Å². The van der Waals surface area contributed by atoms with Crippen LogP contribution in [0.1, 0.15) is 71.1 Å². The minimum absolute atomic E-state index is 0.366. The van der Waals surface area contributed by atoms with E-state index in [4.69, 9.17) is 4.11 Å². The SMILES string of the molecule is Cc1cc(C)[n+](C)c(-c2ccccc2C)c1.Cc1ccc(-c2ccc(C)c[n+]2C)c(C)c1.Cc1ccccc1-c1c(C)c(C)cc[n+]1C.[2H]C([2H])([2H])c1cc(C)cc(-c2ccccc2C)[n+]1C. The lowest BCUT2D eigenvalue weighted by atomic mass is 9.99. The normalized spacial score (nSPS) is 11.4. The van der Waals surface area contributed by atoms with Crippen LogP contribution < -0.4 is 18.3 Å². The summed E-state index contributed by atoms with van der Waals surface area (Å²) in [6.07, 6.45) is 4.29. The molecule has 4 heterocycles. The number of aromatic nitrogens is 4. The van der Waals surface area contributed by atoms with Crippen LogP contribution >= 0.6 is 0 Å². The number of pyridine rings is 4. The third kappa shape index (κ3) is 11.9. The third-order valence-corrected chi connectivity index (χ3v) is 12.2. The Morgan fingerprint density at radius 1 is 0.359 bits per heavy atom. The maximum absolute atomic E-state index is 7.64. The molecule has 0 unspecified atom stereocenters. The maximum atomic E-state index is 7.64. The van der Waals surface area contributed by atoms with Gasteiger partial charge in [0.05, 0.1) is 0 Å². The molecule has 0 saturated carbocycles. The Hall–Kier alpha value is -6.52. The van der Waals surface area contributed by atoms with Crippen LogP contribution in [0.5, 0.6) is 0 Å². The minimum Gasteiger partial charge on any atom is -0.201 e. The molecule has 8 aromatic rings. The van der Waals surface area contributed by atoms with Gasteiger partial charge in [0.15, 0.2) is 23.8 Å². The standard InChI is InChI=1S/4C15H18N/c1-11-5-7-14(13(3)9-11)15-8-6-12(2)10-16(15)4;2*1-11-9-13(3)16(4)15(10-11)14-8-6-5-7-12(14)2;1-11-9-10-16(4)15(13(11)3)14-8-6-5-7-12(14)2/h4*5-10H,1-4H3/q4*+1/i;3D3;;. The summed E-state index contributed by atoms with van der Waals surface area (Å²) in [4.78, 5) is 0. The first kappa shape index (κ1) is 44.1. The zero-order valence-electron chi connectivity index (χ0n) is 44.1. The van der Waals surface area contributed by atoms with E-state index in [9.17, 15) is 0 Å². The van der Waals surface area contributed by atoms with Crippen LogP contribution in [-0.4, -0.2) is 0 Å². The summed E-state index contributed by atoms with van der Waals surface area (Å²) in [5.74, 6) is 0. The van der Waals surface area contributed by atoms with Crippen LogP contribution in [0.25, 0.3) is 45.0 Å². The first-order valence-corrected chi connectivity index (χ1v) is 22.2. The zero-order chi connectivity index (χ0) is 49.3. The van der Waals surface area contributed by atoms with Gasteiger partial charge >= 0.3 is 0 Å². The molecule has 0 atom stereocenters. The second kappa shape index (κ2) is 21.7. The molecular weight excluding hydrogens is 777 g/mol. The third-order valence-electron chi connectivity index (χ3n) is 12.2. The quantitative estimate of drug-likeness (QED) is 0.157. The fourth-order valence-electron chi connectivity index (χ4n) is 8.24. The summed E-state index contributed by atoms with van der Waals surface area (Å²) < 4.78 is 31.3. The Morgan fingerprint density at radius 3 is 1.33 bits per heavy atom. The van der Waals surface area contributed by atoms with E-state index in [1.807, 2.05) is 51.2 Å². The van der Waals surface area contributed by atoms with E-state index in [2.05, 4.69) is 207 Å². The van der Waals surface area contributed by atoms with E-state index in [-0.39, 0.29) is 0 Å². The van der Waals surface area contributed by atoms with Gasteiger partial charge in [-0.1, -0.05) is 72.3 Å². The van der Waals surface area contributed by atoms with Crippen molar-refractivity contribution in [2.45, 2.75) is 83.0 Å². The van der Waals surface area contributed by atoms with Gasteiger partial charge in [-0.3, -0.25) is 0 Å². The van der Waals surface area contributed by atoms with Crippen LogP contribution in [0.4, 0.5) is 0 Å². The van der Waals surface area contributed by atoms with Crippen molar-refractivity contribution in [1.29, 1.82) is 0 Å². The lowest BCUT2D eigenvalue weighted by Crippen LogP contribution is -2.34. The Labute approximate surface area is 390 Å². The number of hydrogen-bond donors (Lipinski definition) is 0. The van der Waals surface area contributed by atoms with Crippen LogP contribution in [-0.2, 0) is 28.2 Å². The van der Waals surface area contributed by atoms with Crippen LogP contribution in [0.15, 0.2) is 146 Å². The second-order valence-electron chi connectivity index (χ2n) is 17.5. The molecule has 0 radical (unpaired) electrons. The summed E-state index contributed by atoms with van der Waals surface area (Å²) in [7, 11) is 8.13. The summed E-state index contributed by atoms with van der Waals surface area (Å²) >= 11 is 0. The monoisotopic (exact) mass is 852 g/mol. The molecule has 4 aromatic heterocycles. The van der Waals surface area contributed by atoms with Gasteiger partial charge in [-0.2, -0.15) is 9.13 Å². The zero-order valence-corrected chi connectivity index (χ0v) is 41.1. The summed E-state index contributed by atoms with van der Waals surface area (Å²) in [5.41, 5.74) is 24.2. The average Bonchev–Trinajstić information content (AvgIpc) is 3.26. The van der Waals surface area contributed by atoms with Crippen LogP contribution in [0.3, 0.4) is 0 Å². The Bertz CT molecular complexity index is 2970. The molecule has 0 aliphatic carbocycles. The lowest BCUT2D eigenvalue weighted by Gasteiger charge is -2.08. The van der Waals surface area contributed by atoms with Crippen LogP contribution in [0, 0.1) is 83.0 Å². The predicted molar refractivity (Wildman–Crippen MR) is 269 cm³/mol. The number of nitrogens with zero attached hydrogens (tertiary/aromatic N) is 4. The van der Waals surface area contributed by atoms with E-state index in [0.29, 0.717) is 5.69 Å². The Balaban J connectivity index is 0.000000168. The van der Waals surface area contributed by atoms with Gasteiger partial charge in [0.2, 0.25) is 22.8 Å². The molecule has 328 valence electrons. The molecular formula is C60H72N4+4. The van der Waals surface area contributed by atoms with Crippen molar-refractivity contribution < 1.29 is 22.4 Å². The highest BCUT2D eigenvalue weighted by atomic mass is 14.9. The van der Waals surface area contributed by atoms with Crippen LogP contribution in [0.2, 0.25) is 0 Å². The summed E-state index contributed by atoms with van der Waals surface area (Å²) in [6.45, 7) is 21.3. The maximum Gasteiger partial charge on any atom is 0.215 e. The van der Waals surface area contributed by atoms with E-state index in [1.165, 1.54) is 84.0 Å². The van der Waals surface area contributed by atoms with Crippen molar-refractivity contribution in [3.63, 3.8) is 0 Å². The van der Waals surface area contributed by atoms with Gasteiger partial charge in [0, 0.05) is 87.7 Å². The number of benzene rings is 4. The van der Waals surface area contributed by atoms with Crippen molar-refractivity contribution in [1.82, 2.24) is 0 Å². The number of aryl methyl sites for hydroxylation is 13. The molecule has 64 heavy (non-hydrogen) atoms. The topological polar surface area (TPSA) is 15.5 Å². The van der Waals surface area contributed by atoms with Gasteiger partial charge in [0.1, 0.15) is 28.2 Å². The van der Waals surface area contributed by atoms with Crippen molar-refractivity contribution >= 4 is 0 Å². The molecule has 0 bridgehead atoms. The van der Waals surface area contributed by atoms with E-state index < -0.39 is 6.85 Å². The molecule has 8 rings (SSSR count). The molecule has 0 aliphatic heterocycles. The van der Waals surface area contributed by atoms with E-state index in [1.54, 1.807) is 10.6 Å². The molecule has 0 spiro atoms. The second-order valence-corrected chi connectivity index (χ2v) is 17.5. The van der Waals surface area contributed by atoms with Crippen molar-refractivity contribution in [2.75, 3.05) is 0 Å². The Morgan fingerprint density at radius 2 is 0.828 bits per heavy atom. The van der Waals surface area contributed by atoms with E-state index >= 15 is 0 Å². The largest absolute Gasteiger partial charge is 0.215 e.